The maximum absolute atomic E-state index is 12.4. The first-order valence-corrected chi connectivity index (χ1v) is 7.46. The number of carbonyl (C=O) groups excluding carboxylic acids is 1. The zero-order valence-electron chi connectivity index (χ0n) is 12.7. The summed E-state index contributed by atoms with van der Waals surface area (Å²) >= 11 is 0. The summed E-state index contributed by atoms with van der Waals surface area (Å²) in [7, 11) is 0. The third-order valence-electron chi connectivity index (χ3n) is 3.66. The molecular weight excluding hydrogens is 304 g/mol. The highest BCUT2D eigenvalue weighted by atomic mass is 16.1. The fourth-order valence-electron chi connectivity index (χ4n) is 2.48. The van der Waals surface area contributed by atoms with Crippen LogP contribution in [0.4, 0.5) is 11.5 Å². The van der Waals surface area contributed by atoms with Gasteiger partial charge in [0.25, 0.3) is 5.91 Å². The number of nitrogens with one attached hydrogen (secondary N) is 2. The molecule has 0 spiro atoms. The zero-order valence-corrected chi connectivity index (χ0v) is 12.7. The van der Waals surface area contributed by atoms with Gasteiger partial charge in [0.15, 0.2) is 5.82 Å². The van der Waals surface area contributed by atoms with E-state index in [1.807, 2.05) is 30.3 Å². The first kappa shape index (κ1) is 14.1. The minimum atomic E-state index is -0.194. The summed E-state index contributed by atoms with van der Waals surface area (Å²) in [6.45, 7) is 0.580. The number of amides is 1. The van der Waals surface area contributed by atoms with Crippen molar-refractivity contribution in [3.63, 3.8) is 0 Å². The van der Waals surface area contributed by atoms with Crippen molar-refractivity contribution in [3.05, 3.63) is 66.0 Å². The van der Waals surface area contributed by atoms with E-state index in [0.29, 0.717) is 17.9 Å². The molecule has 2 N–H and O–H groups in total. The van der Waals surface area contributed by atoms with E-state index < -0.39 is 0 Å². The van der Waals surface area contributed by atoms with Crippen molar-refractivity contribution in [3.8, 4) is 5.82 Å². The first-order chi connectivity index (χ1) is 11.8. The molecule has 2 aromatic heterocycles. The quantitative estimate of drug-likeness (QED) is 0.777. The van der Waals surface area contributed by atoms with Gasteiger partial charge in [-0.1, -0.05) is 18.2 Å². The van der Waals surface area contributed by atoms with Gasteiger partial charge in [-0.25, -0.2) is 4.98 Å². The summed E-state index contributed by atoms with van der Waals surface area (Å²) in [5, 5.41) is 10.3. The van der Waals surface area contributed by atoms with Crippen molar-refractivity contribution >= 4 is 23.8 Å². The van der Waals surface area contributed by atoms with E-state index in [1.165, 1.54) is 0 Å². The van der Waals surface area contributed by atoms with Crippen LogP contribution in [0.5, 0.6) is 0 Å². The summed E-state index contributed by atoms with van der Waals surface area (Å²) < 4.78 is 1.67. The second kappa shape index (κ2) is 5.96. The van der Waals surface area contributed by atoms with Gasteiger partial charge in [-0.15, -0.1) is 0 Å². The number of pyridine rings is 1. The van der Waals surface area contributed by atoms with Gasteiger partial charge >= 0.3 is 0 Å². The van der Waals surface area contributed by atoms with E-state index in [0.717, 1.165) is 17.1 Å². The van der Waals surface area contributed by atoms with E-state index in [-0.39, 0.29) is 5.91 Å². The Morgan fingerprint density at radius 3 is 2.96 bits per heavy atom. The Hall–Kier alpha value is -3.48. The molecule has 1 aliphatic heterocycles. The van der Waals surface area contributed by atoms with Crippen molar-refractivity contribution in [1.82, 2.24) is 14.8 Å². The molecule has 0 saturated heterocycles. The lowest BCUT2D eigenvalue weighted by atomic mass is 10.2. The van der Waals surface area contributed by atoms with Gasteiger partial charge in [0.2, 0.25) is 0 Å². The lowest BCUT2D eigenvalue weighted by Crippen LogP contribution is -2.14. The number of benzene rings is 1. The molecule has 24 heavy (non-hydrogen) atoms. The highest BCUT2D eigenvalue weighted by Gasteiger charge is 2.16. The van der Waals surface area contributed by atoms with Crippen LogP contribution in [0.2, 0.25) is 0 Å². The third-order valence-corrected chi connectivity index (χ3v) is 3.66. The van der Waals surface area contributed by atoms with Gasteiger partial charge in [-0.3, -0.25) is 9.79 Å². The monoisotopic (exact) mass is 318 g/mol. The molecule has 0 unspecified atom stereocenters. The van der Waals surface area contributed by atoms with Crippen LogP contribution in [0, 0.1) is 0 Å². The third kappa shape index (κ3) is 2.63. The number of anilines is 2. The Morgan fingerprint density at radius 2 is 2.08 bits per heavy atom. The molecule has 1 amide bonds. The molecule has 0 saturated carbocycles. The lowest BCUT2D eigenvalue weighted by molar-refractivity contribution is 0.102. The normalized spacial score (nSPS) is 12.3. The molecule has 0 atom stereocenters. The average Bonchev–Trinajstić information content (AvgIpc) is 3.07. The van der Waals surface area contributed by atoms with Crippen LogP contribution in [0.3, 0.4) is 0 Å². The molecule has 1 aliphatic rings. The van der Waals surface area contributed by atoms with Gasteiger partial charge in [0, 0.05) is 23.0 Å². The molecule has 3 aromatic rings. The van der Waals surface area contributed by atoms with Gasteiger partial charge in [-0.05, 0) is 24.3 Å². The van der Waals surface area contributed by atoms with Crippen molar-refractivity contribution in [1.29, 1.82) is 0 Å². The summed E-state index contributed by atoms with van der Waals surface area (Å²) in [5.41, 5.74) is 2.24. The molecule has 1 aromatic carbocycles. The molecular formula is C17H14N6O. The number of aromatic nitrogens is 3. The molecule has 7 heteroatoms. The van der Waals surface area contributed by atoms with Crippen LogP contribution in [0.15, 0.2) is 59.9 Å². The summed E-state index contributed by atoms with van der Waals surface area (Å²) in [4.78, 5) is 20.9. The first-order valence-electron chi connectivity index (χ1n) is 7.46. The molecule has 0 aliphatic carbocycles. The van der Waals surface area contributed by atoms with Crippen molar-refractivity contribution in [2.45, 2.75) is 6.54 Å². The minimum Gasteiger partial charge on any atom is -0.331 e. The standard InChI is InChI=1S/C17H14N6O/c24-17(22-14-4-2-1-3-5-14)12-6-7-19-15(8-12)23-16-13(10-21-23)9-18-11-20-16/h1-8,10-11H,9H2,(H,18,20)(H,22,24). The van der Waals surface area contributed by atoms with Crippen LogP contribution < -0.4 is 10.6 Å². The maximum atomic E-state index is 12.4. The van der Waals surface area contributed by atoms with E-state index in [9.17, 15) is 4.79 Å². The van der Waals surface area contributed by atoms with Crippen LogP contribution in [0.1, 0.15) is 15.9 Å². The fraction of sp³-hybridized carbons (Fsp3) is 0.0588. The van der Waals surface area contributed by atoms with E-state index in [1.54, 1.807) is 35.5 Å². The molecule has 4 rings (SSSR count). The highest BCUT2D eigenvalue weighted by Crippen LogP contribution is 2.22. The second-order valence-corrected chi connectivity index (χ2v) is 5.27. The Kier molecular flexibility index (Phi) is 3.51. The number of carbonyl (C=O) groups is 1. The second-order valence-electron chi connectivity index (χ2n) is 5.27. The minimum absolute atomic E-state index is 0.194. The number of aliphatic imine (C=N–C) groups is 1. The zero-order chi connectivity index (χ0) is 16.4. The number of nitrogens with zero attached hydrogens (tertiary/aromatic N) is 4. The highest BCUT2D eigenvalue weighted by molar-refractivity contribution is 6.04. The maximum Gasteiger partial charge on any atom is 0.255 e. The molecule has 0 fully saturated rings. The van der Waals surface area contributed by atoms with Gasteiger partial charge < -0.3 is 10.6 Å². The average molecular weight is 318 g/mol. The predicted molar refractivity (Wildman–Crippen MR) is 91.6 cm³/mol. The lowest BCUT2D eigenvalue weighted by Gasteiger charge is -2.11. The molecule has 0 radical (unpaired) electrons. The van der Waals surface area contributed by atoms with Crippen LogP contribution >= 0.6 is 0 Å². The number of fused-ring (bicyclic) bond motifs is 1. The smallest absolute Gasteiger partial charge is 0.255 e. The SMILES string of the molecule is O=C(Nc1ccccc1)c1ccnc(-n2ncc3c2NC=NC3)c1. The van der Waals surface area contributed by atoms with Crippen LogP contribution in [0.25, 0.3) is 5.82 Å². The summed E-state index contributed by atoms with van der Waals surface area (Å²) in [5.74, 6) is 1.19. The molecule has 7 nitrogen and oxygen atoms in total. The number of hydrogen-bond donors (Lipinski definition) is 2. The topological polar surface area (TPSA) is 84.2 Å². The van der Waals surface area contributed by atoms with Gasteiger partial charge in [0.1, 0.15) is 5.82 Å². The summed E-state index contributed by atoms with van der Waals surface area (Å²) in [6, 6.07) is 12.7. The Morgan fingerprint density at radius 1 is 1.21 bits per heavy atom. The van der Waals surface area contributed by atoms with Crippen molar-refractivity contribution < 1.29 is 4.79 Å². The molecule has 118 valence electrons. The molecule has 3 heterocycles. The summed E-state index contributed by atoms with van der Waals surface area (Å²) in [6.07, 6.45) is 4.98. The van der Waals surface area contributed by atoms with Crippen LogP contribution in [-0.4, -0.2) is 27.0 Å². The molecule has 0 bridgehead atoms. The number of rotatable bonds is 3. The van der Waals surface area contributed by atoms with E-state index in [2.05, 4.69) is 25.7 Å². The van der Waals surface area contributed by atoms with Crippen molar-refractivity contribution in [2.24, 2.45) is 4.99 Å². The van der Waals surface area contributed by atoms with Crippen LogP contribution in [-0.2, 0) is 6.54 Å². The number of para-hydroxylation sites is 1. The Balaban J connectivity index is 1.62. The van der Waals surface area contributed by atoms with Gasteiger partial charge in [-0.2, -0.15) is 9.78 Å². The Labute approximate surface area is 138 Å². The fourth-order valence-corrected chi connectivity index (χ4v) is 2.48. The largest absolute Gasteiger partial charge is 0.331 e. The Bertz CT molecular complexity index is 916. The van der Waals surface area contributed by atoms with Crippen molar-refractivity contribution in [2.75, 3.05) is 10.6 Å². The van der Waals surface area contributed by atoms with E-state index >= 15 is 0 Å². The van der Waals surface area contributed by atoms with Gasteiger partial charge in [0.05, 0.1) is 19.1 Å². The number of hydrogen-bond acceptors (Lipinski definition) is 5. The predicted octanol–water partition coefficient (Wildman–Crippen LogP) is 2.47. The van der Waals surface area contributed by atoms with E-state index in [4.69, 9.17) is 0 Å².